The number of aliphatic carboxylic acids is 1. The van der Waals surface area contributed by atoms with Gasteiger partial charge in [0, 0.05) is 35.9 Å². The number of likely N-dealkylation sites (tertiary alicyclic amines) is 1. The molecule has 6 heteroatoms. The number of fused-ring (bicyclic) bond motifs is 1. The molecule has 1 N–H and O–H groups in total. The van der Waals surface area contributed by atoms with Crippen LogP contribution < -0.4 is 9.47 Å². The van der Waals surface area contributed by atoms with Crippen molar-refractivity contribution in [1.82, 2.24) is 4.90 Å². The van der Waals surface area contributed by atoms with E-state index in [1.165, 1.54) is 5.56 Å². The Labute approximate surface area is 216 Å². The summed E-state index contributed by atoms with van der Waals surface area (Å²) in [6, 6.07) is 23.9. The third-order valence-corrected chi connectivity index (χ3v) is 9.21. The molecule has 0 radical (unpaired) electrons. The zero-order valence-corrected chi connectivity index (χ0v) is 21.1. The Kier molecular flexibility index (Phi) is 5.51. The zero-order chi connectivity index (χ0) is 25.8. The molecular weight excluding hydrogens is 466 g/mol. The Morgan fingerprint density at radius 2 is 1.78 bits per heavy atom. The predicted molar refractivity (Wildman–Crippen MR) is 139 cm³/mol. The van der Waals surface area contributed by atoms with E-state index in [4.69, 9.17) is 9.47 Å². The number of carboxylic acid groups (broad SMARTS) is 1. The number of para-hydroxylation sites is 1. The molecule has 1 heterocycles. The summed E-state index contributed by atoms with van der Waals surface area (Å²) in [6.07, 6.45) is 1.79. The number of hydrogen-bond acceptors (Lipinski definition) is 4. The molecule has 37 heavy (non-hydrogen) atoms. The first-order chi connectivity index (χ1) is 18.0. The average molecular weight is 498 g/mol. The van der Waals surface area contributed by atoms with Crippen molar-refractivity contribution in [2.75, 3.05) is 27.3 Å². The van der Waals surface area contributed by atoms with Crippen molar-refractivity contribution in [2.24, 2.45) is 11.3 Å². The lowest BCUT2D eigenvalue weighted by molar-refractivity contribution is -0.157. The number of carboxylic acids is 1. The Balaban J connectivity index is 1.48. The highest BCUT2D eigenvalue weighted by Crippen LogP contribution is 2.69. The summed E-state index contributed by atoms with van der Waals surface area (Å²) in [5.74, 6) is 0.156. The summed E-state index contributed by atoms with van der Waals surface area (Å²) in [4.78, 5) is 28.8. The van der Waals surface area contributed by atoms with E-state index in [-0.39, 0.29) is 30.7 Å². The lowest BCUT2D eigenvalue weighted by Crippen LogP contribution is -2.60. The van der Waals surface area contributed by atoms with E-state index in [1.54, 1.807) is 19.1 Å². The van der Waals surface area contributed by atoms with Crippen molar-refractivity contribution in [1.29, 1.82) is 0 Å². The van der Waals surface area contributed by atoms with E-state index >= 15 is 0 Å². The summed E-state index contributed by atoms with van der Waals surface area (Å²) in [5, 5.41) is 10.9. The number of rotatable bonds is 6. The summed E-state index contributed by atoms with van der Waals surface area (Å²) in [5.41, 5.74) is 2.61. The number of carbonyl (C=O) groups is 2. The lowest BCUT2D eigenvalue weighted by atomic mass is 9.42. The van der Waals surface area contributed by atoms with Gasteiger partial charge in [-0.3, -0.25) is 9.59 Å². The van der Waals surface area contributed by atoms with Crippen LogP contribution in [0, 0.1) is 11.3 Å². The first-order valence-corrected chi connectivity index (χ1v) is 12.8. The highest BCUT2D eigenvalue weighted by atomic mass is 16.5. The minimum atomic E-state index is -1.05. The van der Waals surface area contributed by atoms with Crippen molar-refractivity contribution >= 4 is 11.9 Å². The number of ether oxygens (including phenoxy) is 2. The smallest absolute Gasteiger partial charge is 0.312 e. The number of hydrogen-bond donors (Lipinski definition) is 1. The fraction of sp³-hybridized carbons (Fsp3) is 0.355. The molecule has 2 bridgehead atoms. The summed E-state index contributed by atoms with van der Waals surface area (Å²) in [7, 11) is 3.25. The second-order valence-electron chi connectivity index (χ2n) is 10.5. The molecule has 190 valence electrons. The fourth-order valence-electron chi connectivity index (χ4n) is 7.67. The Morgan fingerprint density at radius 3 is 2.57 bits per heavy atom. The molecule has 1 aliphatic heterocycles. The monoisotopic (exact) mass is 497 g/mol. The molecule has 3 aromatic carbocycles. The van der Waals surface area contributed by atoms with Crippen molar-refractivity contribution < 1.29 is 24.2 Å². The van der Waals surface area contributed by atoms with Crippen molar-refractivity contribution in [3.63, 3.8) is 0 Å². The van der Waals surface area contributed by atoms with E-state index < -0.39 is 16.8 Å². The van der Waals surface area contributed by atoms with Crippen LogP contribution in [0.5, 0.6) is 11.5 Å². The van der Waals surface area contributed by atoms with Gasteiger partial charge in [-0.1, -0.05) is 54.6 Å². The zero-order valence-electron chi connectivity index (χ0n) is 21.1. The number of benzene rings is 3. The Hall–Kier alpha value is -3.80. The highest BCUT2D eigenvalue weighted by molar-refractivity contribution is 5.85. The highest BCUT2D eigenvalue weighted by Gasteiger charge is 2.70. The van der Waals surface area contributed by atoms with Gasteiger partial charge in [0.25, 0.3) is 0 Å². The molecule has 4 atom stereocenters. The Bertz CT molecular complexity index is 1390. The average Bonchev–Trinajstić information content (AvgIpc) is 3.38. The molecule has 0 aromatic heterocycles. The molecule has 2 fully saturated rings. The van der Waals surface area contributed by atoms with E-state index in [1.807, 2.05) is 54.6 Å². The largest absolute Gasteiger partial charge is 0.497 e. The maximum Gasteiger partial charge on any atom is 0.312 e. The fourth-order valence-corrected chi connectivity index (χ4v) is 7.67. The normalized spacial score (nSPS) is 27.4. The van der Waals surface area contributed by atoms with Crippen molar-refractivity contribution in [3.05, 3.63) is 95.1 Å². The minimum Gasteiger partial charge on any atom is -0.497 e. The molecule has 1 saturated carbocycles. The second kappa shape index (κ2) is 8.65. The maximum atomic E-state index is 13.7. The van der Waals surface area contributed by atoms with Gasteiger partial charge in [0.05, 0.1) is 26.1 Å². The predicted octanol–water partition coefficient (Wildman–Crippen LogP) is 4.65. The topological polar surface area (TPSA) is 76.1 Å². The van der Waals surface area contributed by atoms with Gasteiger partial charge in [0.15, 0.2) is 0 Å². The van der Waals surface area contributed by atoms with E-state index in [0.29, 0.717) is 12.3 Å². The van der Waals surface area contributed by atoms with Gasteiger partial charge in [0.1, 0.15) is 11.5 Å². The molecule has 6 nitrogen and oxygen atoms in total. The van der Waals surface area contributed by atoms with Gasteiger partial charge in [-0.15, -0.1) is 0 Å². The molecular formula is C31H31NO5. The Morgan fingerprint density at radius 1 is 1.00 bits per heavy atom. The lowest BCUT2D eigenvalue weighted by Gasteiger charge is -2.59. The summed E-state index contributed by atoms with van der Waals surface area (Å²) >= 11 is 0. The minimum absolute atomic E-state index is 0.0660. The molecule has 4 aliphatic rings. The second-order valence-corrected chi connectivity index (χ2v) is 10.5. The summed E-state index contributed by atoms with van der Waals surface area (Å²) < 4.78 is 11.0. The number of methoxy groups -OCH3 is 2. The molecule has 0 spiro atoms. The summed E-state index contributed by atoms with van der Waals surface area (Å²) in [6.45, 7) is 0.619. The first-order valence-electron chi connectivity index (χ1n) is 12.8. The van der Waals surface area contributed by atoms with Crippen molar-refractivity contribution in [2.45, 2.75) is 30.6 Å². The van der Waals surface area contributed by atoms with Crippen LogP contribution in [0.25, 0.3) is 0 Å². The van der Waals surface area contributed by atoms with Gasteiger partial charge in [-0.2, -0.15) is 0 Å². The third-order valence-electron chi connectivity index (χ3n) is 9.21. The number of amides is 1. The SMILES string of the molecule is COc1cccc([C@@]23CC[C@@H](c4ccccc42)[C@@]2(C(=O)O)CN(C(=O)Cc4ccccc4OC)C[C@@H]32)c1. The number of carbonyl (C=O) groups excluding carboxylic acids is 1. The van der Waals surface area contributed by atoms with Gasteiger partial charge in [0.2, 0.25) is 5.91 Å². The standard InChI is InChI=1S/C31H31NO5/c1-36-22-10-7-9-21(17-22)30-15-14-25(23-11-4-5-12-24(23)30)31(29(34)35)19-32(18-27(30)31)28(33)16-20-8-3-6-13-26(20)37-2/h3-13,17,25,27H,14-16,18-19H2,1-2H3,(H,34,35)/t25-,27-,30-,31-/m0/s1. The molecule has 1 amide bonds. The van der Waals surface area contributed by atoms with Crippen LogP contribution in [0.4, 0.5) is 0 Å². The third kappa shape index (κ3) is 3.24. The van der Waals surface area contributed by atoms with Crippen LogP contribution in [-0.2, 0) is 21.4 Å². The van der Waals surface area contributed by atoms with Crippen LogP contribution in [0.3, 0.4) is 0 Å². The number of nitrogens with zero attached hydrogens (tertiary/aromatic N) is 1. The van der Waals surface area contributed by atoms with Crippen LogP contribution in [0.2, 0.25) is 0 Å². The van der Waals surface area contributed by atoms with Crippen LogP contribution >= 0.6 is 0 Å². The molecule has 7 rings (SSSR count). The van der Waals surface area contributed by atoms with Gasteiger partial charge in [-0.25, -0.2) is 0 Å². The van der Waals surface area contributed by atoms with Crippen LogP contribution in [0.15, 0.2) is 72.8 Å². The van der Waals surface area contributed by atoms with Crippen molar-refractivity contribution in [3.8, 4) is 11.5 Å². The van der Waals surface area contributed by atoms with Gasteiger partial charge >= 0.3 is 5.97 Å². The maximum absolute atomic E-state index is 13.7. The quantitative estimate of drug-likeness (QED) is 0.537. The van der Waals surface area contributed by atoms with Crippen LogP contribution in [0.1, 0.15) is 41.0 Å². The first kappa shape index (κ1) is 23.6. The van der Waals surface area contributed by atoms with E-state index in [2.05, 4.69) is 18.2 Å². The van der Waals surface area contributed by atoms with E-state index in [9.17, 15) is 14.7 Å². The molecule has 3 aliphatic carbocycles. The van der Waals surface area contributed by atoms with Gasteiger partial charge in [-0.05, 0) is 47.7 Å². The molecule has 1 saturated heterocycles. The van der Waals surface area contributed by atoms with Crippen LogP contribution in [-0.4, -0.2) is 49.2 Å². The molecule has 0 unspecified atom stereocenters. The van der Waals surface area contributed by atoms with E-state index in [0.717, 1.165) is 35.3 Å². The molecule has 3 aromatic rings. The van der Waals surface area contributed by atoms with Gasteiger partial charge < -0.3 is 19.5 Å².